The van der Waals surface area contributed by atoms with E-state index < -0.39 is 0 Å². The Morgan fingerprint density at radius 3 is 1.29 bits per heavy atom. The van der Waals surface area contributed by atoms with Crippen LogP contribution in [0.5, 0.6) is 0 Å². The maximum absolute atomic E-state index is 8.00. The second kappa shape index (κ2) is 45.2. The van der Waals surface area contributed by atoms with Gasteiger partial charge in [0.1, 0.15) is 6.79 Å². The molecule has 2 N–H and O–H groups in total. The van der Waals surface area contributed by atoms with Gasteiger partial charge >= 0.3 is 56.9 Å². The fourth-order valence-corrected chi connectivity index (χ4v) is 0. The predicted octanol–water partition coefficient (Wildman–Crippen LogP) is -1.08. The van der Waals surface area contributed by atoms with Gasteiger partial charge < -0.3 is 13.9 Å². The van der Waals surface area contributed by atoms with E-state index in [2.05, 4.69) is 0 Å². The average molecular weight is 329 g/mol. The van der Waals surface area contributed by atoms with E-state index in [1.165, 1.54) is 0 Å². The van der Waals surface area contributed by atoms with Crippen molar-refractivity contribution in [3.8, 4) is 0 Å². The zero-order chi connectivity index (χ0) is 4.71. The first-order valence-corrected chi connectivity index (χ1v) is 1.38. The quantitative estimate of drug-likeness (QED) is 0.438. The third kappa shape index (κ3) is 77.9. The van der Waals surface area contributed by atoms with Gasteiger partial charge in [-0.1, -0.05) is 0 Å². The van der Waals surface area contributed by atoms with Crippen LogP contribution in [0.15, 0.2) is 0 Å². The fourth-order valence-electron chi connectivity index (χ4n) is 0. The first-order chi connectivity index (χ1) is 2.41. The molecule has 0 unspecified atom stereocenters. The van der Waals surface area contributed by atoms with Crippen LogP contribution in [0, 0.1) is 0 Å². The molecule has 0 atom stereocenters. The third-order valence-corrected chi connectivity index (χ3v) is 0. The van der Waals surface area contributed by atoms with E-state index >= 15 is 0 Å². The number of hydrogen-bond acceptors (Lipinski definition) is 4. The summed E-state index contributed by atoms with van der Waals surface area (Å²) in [5, 5.41) is 0. The zero-order valence-electron chi connectivity index (χ0n) is 3.13. The van der Waals surface area contributed by atoms with Crippen LogP contribution in [0.4, 0.5) is 0 Å². The molecule has 7 heavy (non-hydrogen) atoms. The number of rotatable bonds is 0. The first-order valence-electron chi connectivity index (χ1n) is 0.654. The third-order valence-electron chi connectivity index (χ3n) is 0. The molecule has 0 bridgehead atoms. The SMILES string of the molecule is C=O.OSO.[NaH].[PbH2]. The van der Waals surface area contributed by atoms with Gasteiger partial charge in [-0.15, -0.1) is 0 Å². The van der Waals surface area contributed by atoms with E-state index in [-0.39, 0.29) is 69.2 Å². The monoisotopic (exact) mass is 330 g/mol. The number of carbonyl (C=O) groups is 1. The maximum atomic E-state index is 8.00. The topological polar surface area (TPSA) is 57.5 Å². The normalized spacial score (nSPS) is 3.14. The molecular weight excluding hydrogens is 322 g/mol. The van der Waals surface area contributed by atoms with Crippen molar-refractivity contribution >= 4 is 76.0 Å². The van der Waals surface area contributed by atoms with Gasteiger partial charge in [-0.05, 0) is 0 Å². The van der Waals surface area contributed by atoms with Crippen molar-refractivity contribution in [2.75, 3.05) is 0 Å². The van der Waals surface area contributed by atoms with Crippen molar-refractivity contribution in [2.45, 2.75) is 0 Å². The Morgan fingerprint density at radius 2 is 1.29 bits per heavy atom. The van der Waals surface area contributed by atoms with Gasteiger partial charge in [-0.2, -0.15) is 0 Å². The summed E-state index contributed by atoms with van der Waals surface area (Å²) in [5.41, 5.74) is 0. The summed E-state index contributed by atoms with van der Waals surface area (Å²) >= 11 is -0.250. The van der Waals surface area contributed by atoms with Gasteiger partial charge in [0, 0.05) is 0 Å². The van der Waals surface area contributed by atoms with Crippen LogP contribution in [-0.2, 0) is 4.79 Å². The summed E-state index contributed by atoms with van der Waals surface area (Å²) in [6.07, 6.45) is 0. The molecule has 0 amide bonds. The molecule has 0 saturated carbocycles. The molecule has 0 aliphatic rings. The van der Waals surface area contributed by atoms with E-state index in [0.29, 0.717) is 0 Å². The summed E-state index contributed by atoms with van der Waals surface area (Å²) in [7, 11) is 0. The molecule has 0 saturated heterocycles. The molecule has 40 valence electrons. The molecule has 0 spiro atoms. The standard InChI is InChI=1S/CH2O.Na.H2O2S.Pb.3H/c1-2;;1-3-2;;;;/h1H2;;1-2H;;;;. The number of carbonyl (C=O) groups excluding carboxylic acids is 1. The van der Waals surface area contributed by atoms with Crippen LogP contribution in [0.1, 0.15) is 0 Å². The molecule has 2 radical (unpaired) electrons. The summed E-state index contributed by atoms with van der Waals surface area (Å²) in [5.74, 6) is 0. The molecule has 3 nitrogen and oxygen atoms in total. The van der Waals surface area contributed by atoms with Gasteiger partial charge in [0.25, 0.3) is 0 Å². The molecule has 0 fully saturated rings. The van der Waals surface area contributed by atoms with Crippen LogP contribution in [0.25, 0.3) is 0 Å². The Morgan fingerprint density at radius 1 is 1.29 bits per heavy atom. The minimum atomic E-state index is -0.250. The molecule has 6 heteroatoms. The van der Waals surface area contributed by atoms with Gasteiger partial charge in [-0.25, -0.2) is 0 Å². The minimum absolute atomic E-state index is 0. The second-order valence-corrected chi connectivity index (χ2v) is 0.245. The zero-order valence-corrected chi connectivity index (χ0v) is 9.44. The van der Waals surface area contributed by atoms with Crippen molar-refractivity contribution in [2.24, 2.45) is 0 Å². The van der Waals surface area contributed by atoms with E-state index in [4.69, 9.17) is 13.9 Å². The molecule has 0 heterocycles. The van der Waals surface area contributed by atoms with Gasteiger partial charge in [0.05, 0.1) is 0 Å². The fraction of sp³-hybridized carbons (Fsp3) is 0. The Labute approximate surface area is 88.7 Å². The van der Waals surface area contributed by atoms with E-state index in [0.717, 1.165) is 0 Å². The van der Waals surface area contributed by atoms with Crippen LogP contribution < -0.4 is 0 Å². The molecule has 0 aliphatic carbocycles. The Hall–Kier alpha value is 1.86. The van der Waals surface area contributed by atoms with Crippen LogP contribution in [0.2, 0.25) is 0 Å². The summed E-state index contributed by atoms with van der Waals surface area (Å²) < 4.78 is 14.1. The summed E-state index contributed by atoms with van der Waals surface area (Å²) in [4.78, 5) is 8.00. The Balaban J connectivity index is -0.0000000105. The van der Waals surface area contributed by atoms with Gasteiger partial charge in [-0.3, -0.25) is 0 Å². The average Bonchev–Trinajstić information content (AvgIpc) is 1.46. The summed E-state index contributed by atoms with van der Waals surface area (Å²) in [6.45, 7) is 2.00. The van der Waals surface area contributed by atoms with Crippen molar-refractivity contribution in [1.29, 1.82) is 0 Å². The van der Waals surface area contributed by atoms with E-state index in [9.17, 15) is 0 Å². The van der Waals surface area contributed by atoms with Crippen LogP contribution in [0.3, 0.4) is 0 Å². The molecule has 0 aromatic carbocycles. The number of hydrogen-bond donors (Lipinski definition) is 2. The second-order valence-electron chi connectivity index (χ2n) is 0.0816. The van der Waals surface area contributed by atoms with E-state index in [1.54, 1.807) is 0 Å². The van der Waals surface area contributed by atoms with E-state index in [1.807, 2.05) is 6.79 Å². The Kier molecular flexibility index (Phi) is 150. The van der Waals surface area contributed by atoms with Crippen molar-refractivity contribution in [1.82, 2.24) is 0 Å². The Bertz CT molecular complexity index is 18.9. The molecular formula is CH7NaO3PbS. The van der Waals surface area contributed by atoms with Crippen molar-refractivity contribution in [3.63, 3.8) is 0 Å². The van der Waals surface area contributed by atoms with Gasteiger partial charge in [0.15, 0.2) is 12.3 Å². The molecule has 0 rings (SSSR count). The van der Waals surface area contributed by atoms with Crippen LogP contribution >= 0.6 is 12.3 Å². The van der Waals surface area contributed by atoms with Gasteiger partial charge in [0.2, 0.25) is 0 Å². The molecule has 0 aliphatic heterocycles. The summed E-state index contributed by atoms with van der Waals surface area (Å²) in [6, 6.07) is 0. The first kappa shape index (κ1) is 23.2. The molecule has 0 aromatic rings. The van der Waals surface area contributed by atoms with Crippen molar-refractivity contribution < 1.29 is 13.9 Å². The predicted molar refractivity (Wildman–Crippen MR) is 35.7 cm³/mol. The van der Waals surface area contributed by atoms with Crippen LogP contribution in [-0.4, -0.2) is 72.8 Å². The van der Waals surface area contributed by atoms with Crippen molar-refractivity contribution in [3.05, 3.63) is 0 Å². The molecule has 0 aromatic heterocycles.